The average molecular weight is 1980 g/mol. The summed E-state index contributed by atoms with van der Waals surface area (Å²) in [4.78, 5) is 89.6. The molecule has 3 atom stereocenters. The first-order valence-electron chi connectivity index (χ1n) is 40.8. The number of nitrogens with zero attached hydrogens (tertiary/aromatic N) is 14. The minimum atomic E-state index is -4.38. The van der Waals surface area contributed by atoms with Crippen LogP contribution in [0.2, 0.25) is 0 Å². The third-order valence-electron chi connectivity index (χ3n) is 23.0. The van der Waals surface area contributed by atoms with Gasteiger partial charge in [-0.1, -0.05) is 42.5 Å². The molecule has 3 aliphatic carbocycles. The van der Waals surface area contributed by atoms with Crippen LogP contribution in [0.1, 0.15) is 215 Å². The van der Waals surface area contributed by atoms with Crippen LogP contribution in [0.15, 0.2) is 129 Å². The lowest BCUT2D eigenvalue weighted by atomic mass is 9.75. The standard InChI is InChI=1S/C31H35F2N5O6S.C29H43BFN3O8S.C21H19F2N5O2S.C8H4FIN2/c1-28(2,3)43-26(39)38(27(40)44-29(4,5)6)25-36-30(7,31(14-15-31)45(41,42)37(25)9)21-16-19(10-12-22(21)32)17-23(33)24-13-11-20(34-8)18-35-24;1-24(2,3)39-22(35)34(23(36)40-25(4,5)6)21-32-28(11,29(15-16-29)43(37,38)33(21)12)19-17-18(13-14-20(19)31)30-41-26(7,8)27(9,10)42-30;1-20(21(8-9-21)31(29,30)28(3)19(24)27-20)15-10-13(4-6-16(15)22)11-17(23)18-7-5-14(25-2)12-26-18;1-11-6-2-3-8(12-5-6)7(9)4-10/h10-13,16-18H,14-15H2,1-7,9H3;13-14,17H,15-16H2,1-12H3;4-7,10-12H,8-9H2,1,3H3,(H2,24,27);2-5H/b23-17-;;17-11-;7-4-/t30-;28-;20-;/m111./s1. The van der Waals surface area contributed by atoms with Crippen molar-refractivity contribution in [2.45, 2.75) is 235 Å². The summed E-state index contributed by atoms with van der Waals surface area (Å²) in [7, 11) is -9.71. The summed E-state index contributed by atoms with van der Waals surface area (Å²) in [5, 5.41) is 0. The predicted molar refractivity (Wildman–Crippen MR) is 491 cm³/mol. The van der Waals surface area contributed by atoms with Gasteiger partial charge in [0.05, 0.1) is 48.0 Å². The number of pyridine rings is 3. The van der Waals surface area contributed by atoms with E-state index in [1.54, 1.807) is 113 Å². The van der Waals surface area contributed by atoms with Gasteiger partial charge < -0.3 is 34.0 Å². The van der Waals surface area contributed by atoms with Crippen molar-refractivity contribution in [2.75, 3.05) is 21.1 Å². The maximum Gasteiger partial charge on any atom is 0.494 e. The summed E-state index contributed by atoms with van der Waals surface area (Å²) in [6.07, 6.45) is 2.42. The molecule has 3 aromatic carbocycles. The van der Waals surface area contributed by atoms with Gasteiger partial charge in [0, 0.05) is 60.5 Å². The van der Waals surface area contributed by atoms with Gasteiger partial charge in [0.1, 0.15) is 82.4 Å². The molecule has 4 aliphatic heterocycles. The SMILES string of the molecule is CN1C(N(C(=O)OC(C)(C)C)C(=O)OC(C)(C)C)=N[C@](C)(c2cc(B3OC(C)(C)C(C)(C)O3)ccc2F)C2(CC2)S1(=O)=O.[C-]#[N+]c1ccc(/C(F)=C/I)nc1.[C-]#[N+]c1ccc(/C(F)=C/c2ccc(F)c([C@@]3(C)N=C(N(C(=O)OC(C)(C)C)C(=O)OC(C)(C)C)N(C)S(=O)(=O)C34CC4)c2)nc1.[C-]#[N+]c1ccc(/C(F)=C/c2ccc(F)c([C@@]3(C)N=C(N)N(C)S(=O)(=O)C34CC4)c2)nc1. The number of hydrogen-bond acceptors (Lipinski definition) is 23. The molecule has 2 N–H and O–H groups in total. The number of carbonyl (C=O) groups excluding carboxylic acids is 4. The molecule has 13 rings (SSSR count). The van der Waals surface area contributed by atoms with E-state index in [4.69, 9.17) is 58.7 Å². The fourth-order valence-corrected chi connectivity index (χ4v) is 21.6. The second-order valence-electron chi connectivity index (χ2n) is 37.3. The lowest BCUT2D eigenvalue weighted by Gasteiger charge is -2.44. The average Bonchev–Trinajstić information content (AvgIpc) is 1.34. The molecule has 3 saturated carbocycles. The van der Waals surface area contributed by atoms with E-state index in [0.717, 1.165) is 38.2 Å². The Morgan fingerprint density at radius 2 is 0.740 bits per heavy atom. The first-order chi connectivity index (χ1) is 60.3. The number of benzene rings is 3. The second kappa shape index (κ2) is 36.0. The van der Waals surface area contributed by atoms with Gasteiger partial charge in [-0.3, -0.25) is 15.0 Å². The van der Waals surface area contributed by atoms with Crippen molar-refractivity contribution in [2.24, 2.45) is 20.7 Å². The van der Waals surface area contributed by atoms with Crippen LogP contribution in [0.5, 0.6) is 0 Å². The lowest BCUT2D eigenvalue weighted by molar-refractivity contribution is 0.00578. The largest absolute Gasteiger partial charge is 0.494 e. The molecule has 4 amide bonds. The zero-order valence-corrected chi connectivity index (χ0v) is 80.8. The Morgan fingerprint density at radius 1 is 0.458 bits per heavy atom. The van der Waals surface area contributed by atoms with Crippen LogP contribution in [-0.4, -0.2) is 181 Å². The van der Waals surface area contributed by atoms with E-state index < -0.39 is 167 Å². The molecule has 3 aromatic heterocycles. The third-order valence-corrected chi connectivity index (χ3v) is 31.6. The number of carbonyl (C=O) groups is 4. The van der Waals surface area contributed by atoms with Crippen molar-refractivity contribution < 1.29 is 99.0 Å². The summed E-state index contributed by atoms with van der Waals surface area (Å²) in [5.74, 6) is -5.47. The van der Waals surface area contributed by atoms with Gasteiger partial charge in [0.15, 0.2) is 5.83 Å². The van der Waals surface area contributed by atoms with Gasteiger partial charge in [-0.05, 0) is 270 Å². The Kier molecular flexibility index (Phi) is 27.9. The highest BCUT2D eigenvalue weighted by atomic mass is 127. The van der Waals surface area contributed by atoms with Gasteiger partial charge >= 0.3 is 31.5 Å². The molecule has 0 unspecified atom stereocenters. The first kappa shape index (κ1) is 102. The van der Waals surface area contributed by atoms with Gasteiger partial charge in [-0.15, -0.1) is 9.80 Å². The molecule has 131 heavy (non-hydrogen) atoms. The van der Waals surface area contributed by atoms with Crippen molar-refractivity contribution in [1.82, 2.24) is 37.7 Å². The molecule has 6 aromatic rings. The molecular weight excluding hydrogens is 1880 g/mol. The maximum absolute atomic E-state index is 15.8. The normalized spacial score (nSPS) is 22.0. The fraction of sp³-hybridized carbons (Fsp3) is 0.449. The van der Waals surface area contributed by atoms with E-state index in [2.05, 4.69) is 39.5 Å². The van der Waals surface area contributed by atoms with E-state index in [9.17, 15) is 57.6 Å². The van der Waals surface area contributed by atoms with E-state index in [-0.39, 0.29) is 88.2 Å². The monoisotopic (exact) mass is 1980 g/mol. The van der Waals surface area contributed by atoms with Crippen molar-refractivity contribution in [3.05, 3.63) is 210 Å². The molecule has 7 heterocycles. The molecule has 42 heteroatoms. The van der Waals surface area contributed by atoms with E-state index in [1.165, 1.54) is 136 Å². The van der Waals surface area contributed by atoms with Crippen LogP contribution in [-0.2, 0) is 74.9 Å². The van der Waals surface area contributed by atoms with Crippen LogP contribution in [0.4, 0.5) is 62.6 Å². The summed E-state index contributed by atoms with van der Waals surface area (Å²) in [5.41, 5.74) is -2.97. The Balaban J connectivity index is 0.000000194. The topological polar surface area (TPSA) is 357 Å². The number of aromatic nitrogens is 3. The summed E-state index contributed by atoms with van der Waals surface area (Å²) >= 11 is 1.80. The first-order valence-corrected chi connectivity index (χ1v) is 46.3. The smallest absolute Gasteiger partial charge is 0.443 e. The van der Waals surface area contributed by atoms with Crippen molar-refractivity contribution >= 4 is 154 Å². The number of sulfonamides is 3. The van der Waals surface area contributed by atoms with Crippen molar-refractivity contribution in [3.8, 4) is 0 Å². The quantitative estimate of drug-likeness (QED) is 0.0462. The highest BCUT2D eigenvalue weighted by molar-refractivity contribution is 14.1. The molecule has 698 valence electrons. The second-order valence-corrected chi connectivity index (χ2v) is 44.8. The molecular formula is C89H101BF6IN15O16S3. The van der Waals surface area contributed by atoms with Crippen LogP contribution in [0.3, 0.4) is 0 Å². The number of ether oxygens (including phenoxy) is 4. The van der Waals surface area contributed by atoms with Gasteiger partial charge in [0.25, 0.3) is 0 Å². The van der Waals surface area contributed by atoms with Crippen LogP contribution >= 0.6 is 22.6 Å². The lowest BCUT2D eigenvalue weighted by Crippen LogP contribution is -2.62. The summed E-state index contributed by atoms with van der Waals surface area (Å²) in [6.45, 7) is 51.6. The minimum Gasteiger partial charge on any atom is -0.443 e. The molecule has 0 radical (unpaired) electrons. The Bertz CT molecular complexity index is 6200. The van der Waals surface area contributed by atoms with Crippen molar-refractivity contribution in [1.29, 1.82) is 0 Å². The van der Waals surface area contributed by atoms with Gasteiger partial charge in [0.2, 0.25) is 65.0 Å². The highest BCUT2D eigenvalue weighted by Crippen LogP contribution is 2.64. The number of rotatable bonds is 9. The van der Waals surface area contributed by atoms with Crippen LogP contribution in [0, 0.1) is 37.2 Å². The van der Waals surface area contributed by atoms with Crippen LogP contribution < -0.4 is 11.2 Å². The summed E-state index contributed by atoms with van der Waals surface area (Å²) in [6, 6.07) is 20.4. The van der Waals surface area contributed by atoms with Gasteiger partial charge in [-0.2, -0.15) is 0 Å². The number of guanidine groups is 3. The molecule has 3 spiro atoms. The Labute approximate surface area is 772 Å². The molecule has 1 saturated heterocycles. The Morgan fingerprint density at radius 3 is 1.02 bits per heavy atom. The van der Waals surface area contributed by atoms with E-state index >= 15 is 13.2 Å². The number of amides is 4. The molecule has 0 bridgehead atoms. The highest BCUT2D eigenvalue weighted by Gasteiger charge is 2.74. The maximum atomic E-state index is 15.8. The zero-order chi connectivity index (χ0) is 98.1. The number of halogens is 7. The van der Waals surface area contributed by atoms with E-state index in [0.29, 0.717) is 39.4 Å². The minimum absolute atomic E-state index is 0.0206. The fourth-order valence-electron chi connectivity index (χ4n) is 14.9. The summed E-state index contributed by atoms with van der Waals surface area (Å²) < 4.78 is 205. The van der Waals surface area contributed by atoms with Gasteiger partial charge in [-0.25, -0.2) is 113 Å². The number of aliphatic imine (C=N–C) groups is 3. The molecule has 7 aliphatic rings. The third kappa shape index (κ3) is 19.9. The predicted octanol–water partition coefficient (Wildman–Crippen LogP) is 18.4. The molecule has 4 fully saturated rings. The van der Waals surface area contributed by atoms with Crippen molar-refractivity contribution in [3.63, 3.8) is 0 Å². The number of nitrogens with two attached hydrogens (primary N) is 1. The van der Waals surface area contributed by atoms with Crippen LogP contribution in [0.25, 0.3) is 44.2 Å². The molecule has 31 nitrogen and oxygen atoms in total. The van der Waals surface area contributed by atoms with E-state index in [1.807, 2.05) is 27.7 Å². The number of imide groups is 2. The zero-order valence-electron chi connectivity index (χ0n) is 76.2. The Hall–Kier alpha value is -11.4. The number of hydrogen-bond donors (Lipinski definition) is 1.